The molecule has 1 saturated heterocycles. The maximum Gasteiger partial charge on any atom is 0.115 e. The maximum absolute atomic E-state index is 10.8. The SMILES string of the molecule is N[C@H](CN[C@@H]1C[C@H](N)[C@@]2(CC[C@@H](O)[C@@H](O)CO2)[C@H](O)[C@H]1O)Cc1ccc(O)cc1. The molecule has 29 heavy (non-hydrogen) atoms. The first-order valence-electron chi connectivity index (χ1n) is 10.1. The zero-order chi connectivity index (χ0) is 21.2. The number of benzene rings is 1. The monoisotopic (exact) mass is 411 g/mol. The van der Waals surface area contributed by atoms with Crippen LogP contribution in [0.25, 0.3) is 0 Å². The lowest BCUT2D eigenvalue weighted by molar-refractivity contribution is -0.202. The van der Waals surface area contributed by atoms with Crippen molar-refractivity contribution in [2.24, 2.45) is 11.5 Å². The van der Waals surface area contributed by atoms with Crippen LogP contribution in [0.3, 0.4) is 0 Å². The van der Waals surface area contributed by atoms with E-state index in [0.29, 0.717) is 19.4 Å². The van der Waals surface area contributed by atoms with Crippen molar-refractivity contribution in [3.8, 4) is 5.75 Å². The van der Waals surface area contributed by atoms with Crippen LogP contribution in [-0.4, -0.2) is 86.8 Å². The van der Waals surface area contributed by atoms with Crippen LogP contribution in [0, 0.1) is 0 Å². The molecule has 1 aliphatic heterocycles. The number of rotatable bonds is 5. The van der Waals surface area contributed by atoms with Crippen molar-refractivity contribution in [2.45, 2.75) is 73.8 Å². The van der Waals surface area contributed by atoms with Gasteiger partial charge in [-0.05, 0) is 43.4 Å². The molecule has 0 bridgehead atoms. The molecule has 1 aliphatic carbocycles. The van der Waals surface area contributed by atoms with E-state index < -0.39 is 42.1 Å². The molecule has 1 aromatic rings. The number of nitrogens with two attached hydrogens (primary N) is 2. The molecule has 164 valence electrons. The lowest BCUT2D eigenvalue weighted by Crippen LogP contribution is -2.70. The highest BCUT2D eigenvalue weighted by molar-refractivity contribution is 5.26. The van der Waals surface area contributed by atoms with Gasteiger partial charge in [0.1, 0.15) is 23.6 Å². The van der Waals surface area contributed by atoms with Gasteiger partial charge in [0.2, 0.25) is 0 Å². The number of aliphatic hydroxyl groups excluding tert-OH is 4. The van der Waals surface area contributed by atoms with Gasteiger partial charge in [-0.15, -0.1) is 0 Å². The Morgan fingerprint density at radius 3 is 2.52 bits per heavy atom. The summed E-state index contributed by atoms with van der Waals surface area (Å²) in [7, 11) is 0. The molecule has 1 aromatic carbocycles. The number of phenolic OH excluding ortho intramolecular Hbond substituents is 1. The summed E-state index contributed by atoms with van der Waals surface area (Å²) in [5, 5.41) is 53.8. The lowest BCUT2D eigenvalue weighted by atomic mass is 9.71. The third-order valence-corrected chi connectivity index (χ3v) is 6.25. The molecule has 1 heterocycles. The standard InChI is InChI=1S/C20H33N3O6/c21-12(7-11-1-3-13(24)4-2-11)9-23-14-8-17(22)20(19(28)18(14)27)6-5-15(25)16(26)10-29-20/h1-4,12,14-19,23-28H,5-10,21-22H2/t12-,14+,15+,16-,17-,18-,19+,20-/m0/s1. The fourth-order valence-electron chi connectivity index (χ4n) is 4.37. The summed E-state index contributed by atoms with van der Waals surface area (Å²) in [6, 6.07) is 5.56. The van der Waals surface area contributed by atoms with Crippen LogP contribution in [0.4, 0.5) is 0 Å². The summed E-state index contributed by atoms with van der Waals surface area (Å²) in [4.78, 5) is 0. The van der Waals surface area contributed by atoms with Gasteiger partial charge in [-0.3, -0.25) is 0 Å². The average Bonchev–Trinajstić information content (AvgIpc) is 2.84. The van der Waals surface area contributed by atoms with E-state index in [-0.39, 0.29) is 31.2 Å². The Labute approximate surface area is 170 Å². The minimum absolute atomic E-state index is 0.145. The van der Waals surface area contributed by atoms with Crippen LogP contribution in [-0.2, 0) is 11.2 Å². The summed E-state index contributed by atoms with van der Waals surface area (Å²) in [5.41, 5.74) is 12.3. The molecular formula is C20H33N3O6. The largest absolute Gasteiger partial charge is 0.508 e. The average molecular weight is 411 g/mol. The molecule has 2 fully saturated rings. The van der Waals surface area contributed by atoms with Crippen molar-refractivity contribution >= 4 is 0 Å². The second-order valence-electron chi connectivity index (χ2n) is 8.36. The van der Waals surface area contributed by atoms with Crippen LogP contribution >= 0.6 is 0 Å². The van der Waals surface area contributed by atoms with E-state index in [2.05, 4.69) is 5.32 Å². The van der Waals surface area contributed by atoms with Crippen LogP contribution in [0.5, 0.6) is 5.75 Å². The van der Waals surface area contributed by atoms with Gasteiger partial charge in [-0.25, -0.2) is 0 Å². The smallest absolute Gasteiger partial charge is 0.115 e. The van der Waals surface area contributed by atoms with E-state index >= 15 is 0 Å². The van der Waals surface area contributed by atoms with Gasteiger partial charge < -0.3 is 47.1 Å². The molecule has 8 atom stereocenters. The van der Waals surface area contributed by atoms with Gasteiger partial charge in [-0.1, -0.05) is 12.1 Å². The molecule has 0 aromatic heterocycles. The molecule has 1 spiro atoms. The fourth-order valence-corrected chi connectivity index (χ4v) is 4.37. The summed E-state index contributed by atoms with van der Waals surface area (Å²) < 4.78 is 5.75. The number of hydrogen-bond donors (Lipinski definition) is 8. The van der Waals surface area contributed by atoms with Crippen molar-refractivity contribution in [3.63, 3.8) is 0 Å². The Morgan fingerprint density at radius 2 is 1.83 bits per heavy atom. The number of hydrogen-bond acceptors (Lipinski definition) is 9. The van der Waals surface area contributed by atoms with E-state index in [1.165, 1.54) is 0 Å². The molecule has 0 radical (unpaired) electrons. The van der Waals surface area contributed by atoms with Gasteiger partial charge in [0, 0.05) is 24.7 Å². The zero-order valence-corrected chi connectivity index (χ0v) is 16.4. The number of aromatic hydroxyl groups is 1. The molecule has 9 nitrogen and oxygen atoms in total. The Bertz CT molecular complexity index is 648. The minimum atomic E-state index is -1.26. The molecule has 0 unspecified atom stereocenters. The summed E-state index contributed by atoms with van der Waals surface area (Å²) in [6.07, 6.45) is -2.94. The first-order valence-corrected chi connectivity index (χ1v) is 10.1. The van der Waals surface area contributed by atoms with Crippen molar-refractivity contribution in [3.05, 3.63) is 29.8 Å². The number of aliphatic hydroxyl groups is 4. The van der Waals surface area contributed by atoms with E-state index in [0.717, 1.165) is 5.56 Å². The Kier molecular flexibility index (Phi) is 7.13. The van der Waals surface area contributed by atoms with Gasteiger partial charge in [-0.2, -0.15) is 0 Å². The highest BCUT2D eigenvalue weighted by Gasteiger charge is 2.55. The lowest BCUT2D eigenvalue weighted by Gasteiger charge is -2.50. The maximum atomic E-state index is 10.8. The Balaban J connectivity index is 1.58. The van der Waals surface area contributed by atoms with E-state index in [4.69, 9.17) is 16.2 Å². The van der Waals surface area contributed by atoms with Gasteiger partial charge >= 0.3 is 0 Å². The fraction of sp³-hybridized carbons (Fsp3) is 0.700. The van der Waals surface area contributed by atoms with Gasteiger partial charge in [0.25, 0.3) is 0 Å². The predicted octanol–water partition coefficient (Wildman–Crippen LogP) is -2.06. The molecule has 1 saturated carbocycles. The second kappa shape index (κ2) is 9.23. The third-order valence-electron chi connectivity index (χ3n) is 6.25. The molecule has 0 amide bonds. The van der Waals surface area contributed by atoms with Crippen molar-refractivity contribution < 1.29 is 30.3 Å². The number of ether oxygens (including phenoxy) is 1. The predicted molar refractivity (Wildman–Crippen MR) is 106 cm³/mol. The second-order valence-corrected chi connectivity index (χ2v) is 8.36. The quantitative estimate of drug-likeness (QED) is 0.271. The highest BCUT2D eigenvalue weighted by atomic mass is 16.5. The summed E-state index contributed by atoms with van der Waals surface area (Å²) in [6.45, 7) is 0.265. The first kappa shape index (κ1) is 22.4. The van der Waals surface area contributed by atoms with Crippen molar-refractivity contribution in [2.75, 3.05) is 13.2 Å². The number of phenols is 1. The third kappa shape index (κ3) is 4.89. The number of nitrogens with one attached hydrogen (secondary N) is 1. The van der Waals surface area contributed by atoms with Crippen molar-refractivity contribution in [1.82, 2.24) is 5.32 Å². The molecule has 3 rings (SSSR count). The van der Waals surface area contributed by atoms with Gasteiger partial charge in [0.05, 0.1) is 18.8 Å². The van der Waals surface area contributed by atoms with E-state index in [1.54, 1.807) is 24.3 Å². The summed E-state index contributed by atoms with van der Waals surface area (Å²) in [5.74, 6) is 0.198. The van der Waals surface area contributed by atoms with Crippen LogP contribution in [0.2, 0.25) is 0 Å². The molecule has 2 aliphatic rings. The van der Waals surface area contributed by atoms with Crippen molar-refractivity contribution in [1.29, 1.82) is 0 Å². The molecule has 9 heteroatoms. The van der Waals surface area contributed by atoms with E-state index in [9.17, 15) is 25.5 Å². The minimum Gasteiger partial charge on any atom is -0.508 e. The topological polar surface area (TPSA) is 174 Å². The Hall–Kier alpha value is -1.30. The Morgan fingerprint density at radius 1 is 1.14 bits per heavy atom. The van der Waals surface area contributed by atoms with Gasteiger partial charge in [0.15, 0.2) is 0 Å². The molecular weight excluding hydrogens is 378 g/mol. The van der Waals surface area contributed by atoms with Crippen LogP contribution < -0.4 is 16.8 Å². The highest BCUT2D eigenvalue weighted by Crippen LogP contribution is 2.38. The summed E-state index contributed by atoms with van der Waals surface area (Å²) >= 11 is 0. The van der Waals surface area contributed by atoms with Crippen LogP contribution in [0.15, 0.2) is 24.3 Å². The van der Waals surface area contributed by atoms with E-state index in [1.807, 2.05) is 0 Å². The molecule has 10 N–H and O–H groups in total. The zero-order valence-electron chi connectivity index (χ0n) is 16.4. The first-order chi connectivity index (χ1) is 13.7. The normalized spacial score (nSPS) is 39.2. The van der Waals surface area contributed by atoms with Crippen LogP contribution in [0.1, 0.15) is 24.8 Å².